The van der Waals surface area contributed by atoms with Gasteiger partial charge in [0.15, 0.2) is 0 Å². The summed E-state index contributed by atoms with van der Waals surface area (Å²) in [6.07, 6.45) is 1.61. The van der Waals surface area contributed by atoms with Crippen LogP contribution < -0.4 is 21.7 Å². The van der Waals surface area contributed by atoms with Crippen LogP contribution in [0.25, 0.3) is 0 Å². The first kappa shape index (κ1) is 31.1. The summed E-state index contributed by atoms with van der Waals surface area (Å²) in [6, 6.07) is 16.7. The third kappa shape index (κ3) is 13.8. The lowest BCUT2D eigenvalue weighted by Crippen LogP contribution is -2.48. The third-order valence-electron chi connectivity index (χ3n) is 5.78. The summed E-state index contributed by atoms with van der Waals surface area (Å²) in [6.45, 7) is 1.03. The Kier molecular flexibility index (Phi) is 14.5. The molecule has 0 aliphatic carbocycles. The fourth-order valence-corrected chi connectivity index (χ4v) is 3.56. The van der Waals surface area contributed by atoms with Crippen LogP contribution in [0.4, 0.5) is 9.59 Å². The smallest absolute Gasteiger partial charge is 0.407 e. The van der Waals surface area contributed by atoms with Crippen LogP contribution in [0, 0.1) is 0 Å². The predicted molar refractivity (Wildman–Crippen MR) is 145 cm³/mol. The summed E-state index contributed by atoms with van der Waals surface area (Å²) in [4.78, 5) is 47.4. The van der Waals surface area contributed by atoms with Gasteiger partial charge >= 0.3 is 18.2 Å². The molecule has 2 unspecified atom stereocenters. The number of hydrogen-bond acceptors (Lipinski definition) is 7. The lowest BCUT2D eigenvalue weighted by atomic mass is 10.1. The number of benzene rings is 2. The molecule has 0 radical (unpaired) electrons. The topological polar surface area (TPSA) is 169 Å². The highest BCUT2D eigenvalue weighted by molar-refractivity contribution is 5.86. The zero-order chi connectivity index (χ0) is 28.3. The average Bonchev–Trinajstić information content (AvgIpc) is 2.94. The second-order valence-electron chi connectivity index (χ2n) is 8.97. The van der Waals surface area contributed by atoms with E-state index in [1.165, 1.54) is 0 Å². The Balaban J connectivity index is 1.53. The van der Waals surface area contributed by atoms with E-state index in [0.717, 1.165) is 11.1 Å². The molecule has 0 fully saturated rings. The van der Waals surface area contributed by atoms with Gasteiger partial charge in [-0.25, -0.2) is 14.4 Å². The van der Waals surface area contributed by atoms with Crippen LogP contribution in [0.1, 0.15) is 49.7 Å². The van der Waals surface area contributed by atoms with Crippen molar-refractivity contribution in [2.75, 3.05) is 13.1 Å². The molecule has 0 spiro atoms. The molecular weight excluding hydrogens is 504 g/mol. The Bertz CT molecular complexity index is 1020. The van der Waals surface area contributed by atoms with Crippen molar-refractivity contribution in [1.29, 1.82) is 0 Å². The lowest BCUT2D eigenvalue weighted by Gasteiger charge is -2.18. The van der Waals surface area contributed by atoms with Crippen LogP contribution in [-0.2, 0) is 32.3 Å². The largest absolute Gasteiger partial charge is 0.480 e. The maximum Gasteiger partial charge on any atom is 0.407 e. The van der Waals surface area contributed by atoms with Gasteiger partial charge in [-0.3, -0.25) is 4.79 Å². The van der Waals surface area contributed by atoms with Gasteiger partial charge in [-0.15, -0.1) is 0 Å². The molecular formula is C28H38N4O7. The number of amides is 3. The minimum absolute atomic E-state index is 0.165. The number of carbonyl (C=O) groups excluding carboxylic acids is 3. The van der Waals surface area contributed by atoms with Gasteiger partial charge < -0.3 is 36.3 Å². The normalized spacial score (nSPS) is 12.0. The maximum atomic E-state index is 12.4. The Morgan fingerprint density at radius 1 is 0.718 bits per heavy atom. The number of rotatable bonds is 17. The SMILES string of the molecule is NC(CCCCNC(=O)OCc1ccccc1)C(=O)NC(CCCCNC(=O)OCc1ccccc1)C(=O)O. The highest BCUT2D eigenvalue weighted by Gasteiger charge is 2.22. The van der Waals surface area contributed by atoms with Crippen molar-refractivity contribution in [3.05, 3.63) is 71.8 Å². The van der Waals surface area contributed by atoms with E-state index in [-0.39, 0.29) is 19.6 Å². The van der Waals surface area contributed by atoms with Crippen molar-refractivity contribution < 1.29 is 33.8 Å². The first-order valence-corrected chi connectivity index (χ1v) is 13.0. The van der Waals surface area contributed by atoms with Crippen molar-refractivity contribution in [2.24, 2.45) is 5.73 Å². The first-order valence-electron chi connectivity index (χ1n) is 13.0. The summed E-state index contributed by atoms with van der Waals surface area (Å²) in [5.41, 5.74) is 7.69. The monoisotopic (exact) mass is 542 g/mol. The number of alkyl carbamates (subject to hydrolysis) is 2. The molecule has 212 valence electrons. The molecule has 6 N–H and O–H groups in total. The average molecular weight is 543 g/mol. The van der Waals surface area contributed by atoms with Crippen LogP contribution in [0.5, 0.6) is 0 Å². The van der Waals surface area contributed by atoms with Crippen molar-refractivity contribution in [2.45, 2.75) is 63.8 Å². The van der Waals surface area contributed by atoms with Crippen molar-refractivity contribution in [1.82, 2.24) is 16.0 Å². The van der Waals surface area contributed by atoms with E-state index in [2.05, 4.69) is 16.0 Å². The molecule has 2 atom stereocenters. The van der Waals surface area contributed by atoms with E-state index in [0.29, 0.717) is 45.2 Å². The Morgan fingerprint density at radius 3 is 1.64 bits per heavy atom. The number of hydrogen-bond donors (Lipinski definition) is 5. The molecule has 11 heteroatoms. The number of nitrogens with two attached hydrogens (primary N) is 1. The second kappa shape index (κ2) is 18.2. The van der Waals surface area contributed by atoms with E-state index >= 15 is 0 Å². The fourth-order valence-electron chi connectivity index (χ4n) is 3.56. The lowest BCUT2D eigenvalue weighted by molar-refractivity contribution is -0.142. The van der Waals surface area contributed by atoms with Crippen LogP contribution in [0.15, 0.2) is 60.7 Å². The van der Waals surface area contributed by atoms with E-state index in [4.69, 9.17) is 15.2 Å². The summed E-state index contributed by atoms with van der Waals surface area (Å²) in [7, 11) is 0. The maximum absolute atomic E-state index is 12.4. The summed E-state index contributed by atoms with van der Waals surface area (Å²) >= 11 is 0. The Morgan fingerprint density at radius 2 is 1.18 bits per heavy atom. The van der Waals surface area contributed by atoms with Gasteiger partial charge in [-0.05, 0) is 49.7 Å². The molecule has 0 aromatic heterocycles. The van der Waals surface area contributed by atoms with E-state index in [1.54, 1.807) is 0 Å². The standard InChI is InChI=1S/C28H38N4O7/c29-23(15-7-9-17-30-27(36)38-19-21-11-3-1-4-12-21)25(33)32-24(26(34)35)16-8-10-18-31-28(37)39-20-22-13-5-2-6-14-22/h1-6,11-14,23-24H,7-10,15-20,29H2,(H,30,36)(H,31,37)(H,32,33)(H,34,35). The van der Waals surface area contributed by atoms with Crippen LogP contribution in [0.2, 0.25) is 0 Å². The molecule has 2 aromatic carbocycles. The molecule has 11 nitrogen and oxygen atoms in total. The summed E-state index contributed by atoms with van der Waals surface area (Å²) < 4.78 is 10.2. The molecule has 39 heavy (non-hydrogen) atoms. The zero-order valence-corrected chi connectivity index (χ0v) is 22.0. The molecule has 2 rings (SSSR count). The third-order valence-corrected chi connectivity index (χ3v) is 5.78. The van der Waals surface area contributed by atoms with Gasteiger partial charge in [0, 0.05) is 13.1 Å². The predicted octanol–water partition coefficient (Wildman–Crippen LogP) is 3.08. The molecule has 0 saturated heterocycles. The molecule has 3 amide bonds. The summed E-state index contributed by atoms with van der Waals surface area (Å²) in [5, 5.41) is 17.2. The van der Waals surface area contributed by atoms with Gasteiger partial charge in [0.05, 0.1) is 6.04 Å². The number of carboxylic acids is 1. The van der Waals surface area contributed by atoms with Gasteiger partial charge in [0.2, 0.25) is 5.91 Å². The number of nitrogens with one attached hydrogen (secondary N) is 3. The highest BCUT2D eigenvalue weighted by Crippen LogP contribution is 2.05. The second-order valence-corrected chi connectivity index (χ2v) is 8.97. The van der Waals surface area contributed by atoms with E-state index < -0.39 is 36.1 Å². The van der Waals surface area contributed by atoms with Gasteiger partial charge in [-0.2, -0.15) is 0 Å². The number of aliphatic carboxylic acids is 1. The van der Waals surface area contributed by atoms with Crippen LogP contribution in [-0.4, -0.2) is 54.3 Å². The molecule has 0 bridgehead atoms. The van der Waals surface area contributed by atoms with Crippen molar-refractivity contribution in [3.63, 3.8) is 0 Å². The van der Waals surface area contributed by atoms with Gasteiger partial charge in [0.25, 0.3) is 0 Å². The van der Waals surface area contributed by atoms with Crippen LogP contribution >= 0.6 is 0 Å². The van der Waals surface area contributed by atoms with E-state index in [9.17, 15) is 24.3 Å². The Hall–Kier alpha value is -4.12. The minimum Gasteiger partial charge on any atom is -0.480 e. The van der Waals surface area contributed by atoms with Crippen LogP contribution in [0.3, 0.4) is 0 Å². The highest BCUT2D eigenvalue weighted by atomic mass is 16.6. The molecule has 0 aliphatic rings. The number of carbonyl (C=O) groups is 4. The number of unbranched alkanes of at least 4 members (excludes halogenated alkanes) is 2. The van der Waals surface area contributed by atoms with E-state index in [1.807, 2.05) is 60.7 Å². The number of ether oxygens (including phenoxy) is 2. The molecule has 0 saturated carbocycles. The van der Waals surface area contributed by atoms with Gasteiger partial charge in [0.1, 0.15) is 19.3 Å². The van der Waals surface area contributed by atoms with Gasteiger partial charge in [-0.1, -0.05) is 60.7 Å². The minimum atomic E-state index is -1.15. The zero-order valence-electron chi connectivity index (χ0n) is 22.0. The number of carboxylic acid groups (broad SMARTS) is 1. The Labute approximate surface area is 228 Å². The summed E-state index contributed by atoms with van der Waals surface area (Å²) in [5.74, 6) is -1.69. The van der Waals surface area contributed by atoms with Crippen molar-refractivity contribution in [3.8, 4) is 0 Å². The quantitative estimate of drug-likeness (QED) is 0.190. The molecule has 0 heterocycles. The van der Waals surface area contributed by atoms with Crippen molar-refractivity contribution >= 4 is 24.1 Å². The fraction of sp³-hybridized carbons (Fsp3) is 0.429. The molecule has 0 aliphatic heterocycles. The first-order chi connectivity index (χ1) is 18.8. The molecule has 2 aromatic rings.